The highest BCUT2D eigenvalue weighted by Gasteiger charge is 2.06. The number of para-hydroxylation sites is 1. The average Bonchev–Trinajstić information content (AvgIpc) is 3.44. The number of carbonyl (C=O) groups excluding carboxylic acids is 1. The number of nitrogens with zero attached hydrogens (tertiary/aromatic N) is 2. The fourth-order valence-corrected chi connectivity index (χ4v) is 3.14. The van der Waals surface area contributed by atoms with Crippen LogP contribution >= 0.6 is 15.9 Å². The second-order valence-electron chi connectivity index (χ2n) is 6.24. The molecule has 0 unspecified atom stereocenters. The molecule has 0 radical (unpaired) electrons. The van der Waals surface area contributed by atoms with Crippen LogP contribution in [0.4, 0.5) is 0 Å². The van der Waals surface area contributed by atoms with Crippen LogP contribution in [0.2, 0.25) is 0 Å². The Bertz CT molecular complexity index is 1130. The Morgan fingerprint density at radius 2 is 1.93 bits per heavy atom. The Morgan fingerprint density at radius 3 is 2.69 bits per heavy atom. The summed E-state index contributed by atoms with van der Waals surface area (Å²) in [6, 6.07) is 18.6. The van der Waals surface area contributed by atoms with Gasteiger partial charge in [0, 0.05) is 23.6 Å². The van der Waals surface area contributed by atoms with Gasteiger partial charge in [-0.2, -0.15) is 0 Å². The molecule has 0 aliphatic heterocycles. The number of ether oxygens (including phenoxy) is 1. The molecule has 0 saturated heterocycles. The smallest absolute Gasteiger partial charge is 0.185 e. The van der Waals surface area contributed by atoms with Crippen molar-refractivity contribution in [1.29, 1.82) is 0 Å². The maximum Gasteiger partial charge on any atom is 0.185 e. The van der Waals surface area contributed by atoms with Crippen molar-refractivity contribution in [3.8, 4) is 11.4 Å². The van der Waals surface area contributed by atoms with Gasteiger partial charge in [-0.05, 0) is 76.6 Å². The van der Waals surface area contributed by atoms with Crippen LogP contribution in [-0.4, -0.2) is 15.3 Å². The number of ketones is 1. The molecule has 0 aliphatic carbocycles. The number of furan rings is 1. The van der Waals surface area contributed by atoms with E-state index in [2.05, 4.69) is 20.9 Å². The fourth-order valence-electron chi connectivity index (χ4n) is 2.74. The van der Waals surface area contributed by atoms with Gasteiger partial charge in [0.05, 0.1) is 10.8 Å². The van der Waals surface area contributed by atoms with Gasteiger partial charge in [0.15, 0.2) is 5.78 Å². The molecule has 29 heavy (non-hydrogen) atoms. The van der Waals surface area contributed by atoms with Crippen molar-refractivity contribution in [1.82, 2.24) is 9.55 Å². The Kier molecular flexibility index (Phi) is 5.72. The lowest BCUT2D eigenvalue weighted by molar-refractivity contribution is 0.104. The van der Waals surface area contributed by atoms with Gasteiger partial charge in [-0.15, -0.1) is 0 Å². The molecular weight excluding hydrogens is 432 g/mol. The Morgan fingerprint density at radius 1 is 1.10 bits per heavy atom. The van der Waals surface area contributed by atoms with E-state index >= 15 is 0 Å². The molecule has 0 bridgehead atoms. The van der Waals surface area contributed by atoms with Crippen molar-refractivity contribution in [2.24, 2.45) is 0 Å². The lowest BCUT2D eigenvalue weighted by Crippen LogP contribution is -1.96. The molecule has 0 saturated carbocycles. The number of rotatable bonds is 7. The van der Waals surface area contributed by atoms with Gasteiger partial charge in [0.1, 0.15) is 23.9 Å². The first kappa shape index (κ1) is 19.0. The zero-order chi connectivity index (χ0) is 20.1. The Balaban J connectivity index is 1.36. The molecule has 0 atom stereocenters. The number of carbonyl (C=O) groups is 1. The summed E-state index contributed by atoms with van der Waals surface area (Å²) in [7, 11) is 0. The Hall–Kier alpha value is -3.38. The van der Waals surface area contributed by atoms with E-state index in [-0.39, 0.29) is 5.78 Å². The van der Waals surface area contributed by atoms with Crippen molar-refractivity contribution in [3.05, 3.63) is 107 Å². The zero-order valence-corrected chi connectivity index (χ0v) is 17.0. The molecule has 0 spiro atoms. The molecule has 6 heteroatoms. The third kappa shape index (κ3) is 4.73. The molecule has 0 aliphatic rings. The summed E-state index contributed by atoms with van der Waals surface area (Å²) in [6.07, 6.45) is 8.44. The standard InChI is InChI=1S/C23H17BrN2O3/c24-21-3-1-2-4-23(21)28-15-20-10-9-19(29-20)11-12-22(27)17-5-7-18(8-6-17)26-14-13-25-16-26/h1-14,16H,15H2/b12-11+. The van der Waals surface area contributed by atoms with Crippen LogP contribution in [-0.2, 0) is 6.61 Å². The van der Waals surface area contributed by atoms with Gasteiger partial charge in [-0.25, -0.2) is 4.98 Å². The van der Waals surface area contributed by atoms with Gasteiger partial charge < -0.3 is 13.7 Å². The first-order chi connectivity index (χ1) is 14.2. The molecule has 0 amide bonds. The molecule has 2 aromatic heterocycles. The number of allylic oxidation sites excluding steroid dienone is 1. The average molecular weight is 449 g/mol. The second kappa shape index (κ2) is 8.75. The predicted molar refractivity (Wildman–Crippen MR) is 114 cm³/mol. The summed E-state index contributed by atoms with van der Waals surface area (Å²) >= 11 is 3.44. The van der Waals surface area contributed by atoms with Crippen LogP contribution in [0.1, 0.15) is 21.9 Å². The van der Waals surface area contributed by atoms with Gasteiger partial charge in [-0.1, -0.05) is 12.1 Å². The van der Waals surface area contributed by atoms with Gasteiger partial charge in [0.25, 0.3) is 0 Å². The molecule has 0 fully saturated rings. The summed E-state index contributed by atoms with van der Waals surface area (Å²) in [5.74, 6) is 1.93. The summed E-state index contributed by atoms with van der Waals surface area (Å²) in [4.78, 5) is 16.4. The van der Waals surface area contributed by atoms with Crippen LogP contribution in [0.3, 0.4) is 0 Å². The highest BCUT2D eigenvalue weighted by Crippen LogP contribution is 2.25. The van der Waals surface area contributed by atoms with E-state index in [4.69, 9.17) is 9.15 Å². The minimum atomic E-state index is -0.0930. The quantitative estimate of drug-likeness (QED) is 0.268. The van der Waals surface area contributed by atoms with Gasteiger partial charge in [-0.3, -0.25) is 4.79 Å². The maximum absolute atomic E-state index is 12.4. The summed E-state index contributed by atoms with van der Waals surface area (Å²) < 4.78 is 14.2. The summed E-state index contributed by atoms with van der Waals surface area (Å²) in [5.41, 5.74) is 1.55. The second-order valence-corrected chi connectivity index (χ2v) is 7.09. The molecule has 5 nitrogen and oxygen atoms in total. The topological polar surface area (TPSA) is 57.3 Å². The molecule has 4 aromatic rings. The van der Waals surface area contributed by atoms with Crippen molar-refractivity contribution < 1.29 is 13.9 Å². The lowest BCUT2D eigenvalue weighted by atomic mass is 10.1. The van der Waals surface area contributed by atoms with Crippen LogP contribution in [0.25, 0.3) is 11.8 Å². The molecule has 2 aromatic carbocycles. The first-order valence-corrected chi connectivity index (χ1v) is 9.75. The van der Waals surface area contributed by atoms with Crippen molar-refractivity contribution >= 4 is 27.8 Å². The normalized spacial score (nSPS) is 11.1. The van der Waals surface area contributed by atoms with Crippen molar-refractivity contribution in [2.75, 3.05) is 0 Å². The summed E-state index contributed by atoms with van der Waals surface area (Å²) in [5, 5.41) is 0. The third-order valence-electron chi connectivity index (χ3n) is 4.24. The fraction of sp³-hybridized carbons (Fsp3) is 0.0435. The van der Waals surface area contributed by atoms with Crippen molar-refractivity contribution in [2.45, 2.75) is 6.61 Å². The van der Waals surface area contributed by atoms with E-state index in [1.54, 1.807) is 30.7 Å². The zero-order valence-electron chi connectivity index (χ0n) is 15.4. The molecular formula is C23H17BrN2O3. The van der Waals surface area contributed by atoms with Crippen molar-refractivity contribution in [3.63, 3.8) is 0 Å². The van der Waals surface area contributed by atoms with E-state index in [0.717, 1.165) is 15.9 Å². The van der Waals surface area contributed by atoms with Crippen LogP contribution in [0.5, 0.6) is 5.75 Å². The SMILES string of the molecule is O=C(/C=C/c1ccc(COc2ccccc2Br)o1)c1ccc(-n2ccnc2)cc1. The van der Waals surface area contributed by atoms with Gasteiger partial charge in [0.2, 0.25) is 0 Å². The van der Waals surface area contributed by atoms with E-state index in [1.165, 1.54) is 6.08 Å². The molecule has 144 valence electrons. The minimum Gasteiger partial charge on any atom is -0.484 e. The molecule has 2 heterocycles. The van der Waals surface area contributed by atoms with Gasteiger partial charge >= 0.3 is 0 Å². The predicted octanol–water partition coefficient (Wildman–Crippen LogP) is 5.70. The number of hydrogen-bond acceptors (Lipinski definition) is 4. The highest BCUT2D eigenvalue weighted by atomic mass is 79.9. The number of halogens is 1. The maximum atomic E-state index is 12.4. The summed E-state index contributed by atoms with van der Waals surface area (Å²) in [6.45, 7) is 0.306. The number of aromatic nitrogens is 2. The van der Waals surface area contributed by atoms with Crippen LogP contribution in [0, 0.1) is 0 Å². The first-order valence-electron chi connectivity index (χ1n) is 8.96. The van der Waals surface area contributed by atoms with E-state index in [0.29, 0.717) is 23.7 Å². The number of hydrogen-bond donors (Lipinski definition) is 0. The molecule has 4 rings (SSSR count). The minimum absolute atomic E-state index is 0.0930. The Labute approximate surface area is 176 Å². The van der Waals surface area contributed by atoms with E-state index in [9.17, 15) is 4.79 Å². The van der Waals surface area contributed by atoms with E-state index in [1.807, 2.05) is 59.3 Å². The van der Waals surface area contributed by atoms with Crippen LogP contribution in [0.15, 0.2) is 94.4 Å². The molecule has 0 N–H and O–H groups in total. The number of imidazole rings is 1. The largest absolute Gasteiger partial charge is 0.484 e. The lowest BCUT2D eigenvalue weighted by Gasteiger charge is -2.05. The highest BCUT2D eigenvalue weighted by molar-refractivity contribution is 9.10. The number of benzene rings is 2. The van der Waals surface area contributed by atoms with Crippen LogP contribution < -0.4 is 4.74 Å². The third-order valence-corrected chi connectivity index (χ3v) is 4.90. The van der Waals surface area contributed by atoms with E-state index < -0.39 is 0 Å². The monoisotopic (exact) mass is 448 g/mol.